The lowest BCUT2D eigenvalue weighted by atomic mass is 9.93. The highest BCUT2D eigenvalue weighted by Crippen LogP contribution is 2.37. The normalized spacial score (nSPS) is 17.7. The summed E-state index contributed by atoms with van der Waals surface area (Å²) in [5.41, 5.74) is 5.49. The number of hydrogen-bond acceptors (Lipinski definition) is 3. The molecule has 0 saturated carbocycles. The molecule has 1 aliphatic rings. The quantitative estimate of drug-likeness (QED) is 0.482. The molecule has 1 aromatic heterocycles. The van der Waals surface area contributed by atoms with Crippen LogP contribution in [0.5, 0.6) is 0 Å². The maximum absolute atomic E-state index is 14.6. The van der Waals surface area contributed by atoms with Crippen molar-refractivity contribution < 1.29 is 9.50 Å². The maximum Gasteiger partial charge on any atom is 0.132 e. The number of aliphatic hydroxyl groups is 1. The third kappa shape index (κ3) is 3.90. The lowest BCUT2D eigenvalue weighted by Crippen LogP contribution is -2.28. The Morgan fingerprint density at radius 2 is 1.65 bits per heavy atom. The first-order valence-corrected chi connectivity index (χ1v) is 10.6. The van der Waals surface area contributed by atoms with E-state index in [1.807, 2.05) is 24.3 Å². The number of aliphatic hydroxyl groups excluding tert-OH is 1. The first-order valence-electron chi connectivity index (χ1n) is 10.6. The van der Waals surface area contributed by atoms with Gasteiger partial charge < -0.3 is 5.11 Å². The summed E-state index contributed by atoms with van der Waals surface area (Å²) in [5.74, 6) is -0.285. The third-order valence-electron chi connectivity index (χ3n) is 6.00. The molecule has 5 rings (SSSR count). The van der Waals surface area contributed by atoms with Crippen LogP contribution in [-0.2, 0) is 0 Å². The van der Waals surface area contributed by atoms with Gasteiger partial charge in [-0.3, -0.25) is 10.00 Å². The summed E-state index contributed by atoms with van der Waals surface area (Å²) in [6, 6.07) is 25.3. The fourth-order valence-corrected chi connectivity index (χ4v) is 4.46. The molecule has 0 radical (unpaired) electrons. The average molecular weight is 413 g/mol. The molecule has 0 amide bonds. The van der Waals surface area contributed by atoms with Crippen LogP contribution in [0.3, 0.4) is 0 Å². The van der Waals surface area contributed by atoms with E-state index in [9.17, 15) is 9.50 Å². The van der Waals surface area contributed by atoms with Crippen molar-refractivity contribution in [3.05, 3.63) is 102 Å². The molecule has 0 spiro atoms. The van der Waals surface area contributed by atoms with E-state index in [2.05, 4.69) is 51.5 Å². The van der Waals surface area contributed by atoms with E-state index >= 15 is 0 Å². The van der Waals surface area contributed by atoms with E-state index in [-0.39, 0.29) is 18.0 Å². The zero-order chi connectivity index (χ0) is 21.2. The molecule has 1 saturated heterocycles. The van der Waals surface area contributed by atoms with Gasteiger partial charge in [-0.05, 0) is 35.2 Å². The van der Waals surface area contributed by atoms with Crippen LogP contribution < -0.4 is 0 Å². The van der Waals surface area contributed by atoms with E-state index < -0.39 is 0 Å². The first kappa shape index (κ1) is 19.7. The van der Waals surface area contributed by atoms with Gasteiger partial charge in [-0.15, -0.1) is 0 Å². The summed E-state index contributed by atoms with van der Waals surface area (Å²) in [6.45, 7) is 1.35. The first-order chi connectivity index (χ1) is 15.2. The van der Waals surface area contributed by atoms with Crippen molar-refractivity contribution in [2.75, 3.05) is 13.1 Å². The number of nitrogens with zero attached hydrogens (tertiary/aromatic N) is 2. The Morgan fingerprint density at radius 1 is 0.935 bits per heavy atom. The smallest absolute Gasteiger partial charge is 0.132 e. The van der Waals surface area contributed by atoms with Gasteiger partial charge in [0.15, 0.2) is 0 Å². The Balaban J connectivity index is 1.57. The number of benzene rings is 3. The number of β-amino-alcohol motifs (C(OH)–C–C–N with tert-alkyl or cyclic N) is 1. The molecule has 2 heterocycles. The van der Waals surface area contributed by atoms with Crippen LogP contribution >= 0.6 is 0 Å². The fraction of sp³-hybridized carbons (Fsp3) is 0.192. The molecule has 156 valence electrons. The van der Waals surface area contributed by atoms with Crippen molar-refractivity contribution in [1.29, 1.82) is 0 Å². The van der Waals surface area contributed by atoms with Gasteiger partial charge >= 0.3 is 0 Å². The van der Waals surface area contributed by atoms with Crippen molar-refractivity contribution >= 4 is 0 Å². The van der Waals surface area contributed by atoms with E-state index in [1.54, 1.807) is 18.3 Å². The van der Waals surface area contributed by atoms with Crippen molar-refractivity contribution in [3.63, 3.8) is 0 Å². The summed E-state index contributed by atoms with van der Waals surface area (Å²) in [5, 5.41) is 17.5. The van der Waals surface area contributed by atoms with Gasteiger partial charge in [-0.1, -0.05) is 66.7 Å². The van der Waals surface area contributed by atoms with Gasteiger partial charge in [0.1, 0.15) is 5.82 Å². The van der Waals surface area contributed by atoms with Crippen LogP contribution in [0.2, 0.25) is 0 Å². The third-order valence-corrected chi connectivity index (χ3v) is 6.00. The summed E-state index contributed by atoms with van der Waals surface area (Å²) in [4.78, 5) is 2.25. The second kappa shape index (κ2) is 8.46. The van der Waals surface area contributed by atoms with E-state index in [0.29, 0.717) is 17.8 Å². The molecule has 5 heteroatoms. The number of nitrogens with one attached hydrogen (secondary N) is 1. The topological polar surface area (TPSA) is 52.1 Å². The minimum absolute atomic E-state index is 0.129. The Kier molecular flexibility index (Phi) is 5.37. The molecule has 2 unspecified atom stereocenters. The van der Waals surface area contributed by atoms with Crippen molar-refractivity contribution in [3.8, 4) is 22.4 Å². The highest BCUT2D eigenvalue weighted by Gasteiger charge is 2.32. The number of H-pyrrole nitrogens is 1. The minimum atomic E-state index is -0.352. The molecular weight excluding hydrogens is 389 g/mol. The molecule has 1 aliphatic heterocycles. The Hall–Kier alpha value is -3.28. The molecule has 2 atom stereocenters. The molecule has 3 aromatic carbocycles. The number of rotatable bonds is 5. The van der Waals surface area contributed by atoms with Crippen LogP contribution in [0.1, 0.15) is 23.6 Å². The molecule has 4 aromatic rings. The number of likely N-dealkylation sites (tertiary alicyclic amines) is 1. The van der Waals surface area contributed by atoms with Gasteiger partial charge in [-0.2, -0.15) is 5.10 Å². The summed E-state index contributed by atoms with van der Waals surface area (Å²) >= 11 is 0. The fourth-order valence-electron chi connectivity index (χ4n) is 4.46. The molecule has 31 heavy (non-hydrogen) atoms. The predicted octanol–water partition coefficient (Wildman–Crippen LogP) is 5.04. The Morgan fingerprint density at radius 3 is 2.35 bits per heavy atom. The standard InChI is InChI=1S/C26H24FN3O/c27-24-9-5-4-8-22(24)25-23(16-28-29-25)26(30-15-14-21(31)17-30)20-12-10-19(11-13-20)18-6-2-1-3-7-18/h1-13,16,21,26,31H,14-15,17H2,(H,28,29). The molecular formula is C26H24FN3O. The molecule has 4 nitrogen and oxygen atoms in total. The van der Waals surface area contributed by atoms with Crippen LogP contribution in [0.15, 0.2) is 85.1 Å². The zero-order valence-corrected chi connectivity index (χ0v) is 17.1. The van der Waals surface area contributed by atoms with Gasteiger partial charge in [0.05, 0.1) is 24.0 Å². The number of hydrogen-bond donors (Lipinski definition) is 2. The minimum Gasteiger partial charge on any atom is -0.392 e. The molecule has 2 N–H and O–H groups in total. The lowest BCUT2D eigenvalue weighted by Gasteiger charge is -2.28. The Labute approximate surface area is 181 Å². The van der Waals surface area contributed by atoms with Crippen LogP contribution in [0.4, 0.5) is 4.39 Å². The number of halogens is 1. The highest BCUT2D eigenvalue weighted by atomic mass is 19.1. The molecule has 0 bridgehead atoms. The van der Waals surface area contributed by atoms with E-state index in [0.717, 1.165) is 35.2 Å². The van der Waals surface area contributed by atoms with Gasteiger partial charge in [-0.25, -0.2) is 4.39 Å². The predicted molar refractivity (Wildman–Crippen MR) is 120 cm³/mol. The van der Waals surface area contributed by atoms with E-state index in [4.69, 9.17) is 0 Å². The second-order valence-electron chi connectivity index (χ2n) is 8.01. The summed E-state index contributed by atoms with van der Waals surface area (Å²) in [6.07, 6.45) is 2.16. The summed E-state index contributed by atoms with van der Waals surface area (Å²) in [7, 11) is 0. The average Bonchev–Trinajstić information content (AvgIpc) is 3.45. The maximum atomic E-state index is 14.6. The molecule has 0 aliphatic carbocycles. The lowest BCUT2D eigenvalue weighted by molar-refractivity contribution is 0.167. The van der Waals surface area contributed by atoms with Crippen LogP contribution in [0.25, 0.3) is 22.4 Å². The van der Waals surface area contributed by atoms with Crippen LogP contribution in [0, 0.1) is 5.82 Å². The van der Waals surface area contributed by atoms with E-state index in [1.165, 1.54) is 6.07 Å². The SMILES string of the molecule is OC1CCN(C(c2ccc(-c3ccccc3)cc2)c2cn[nH]c2-c2ccccc2F)C1. The summed E-state index contributed by atoms with van der Waals surface area (Å²) < 4.78 is 14.6. The number of aromatic amines is 1. The van der Waals surface area contributed by atoms with Crippen molar-refractivity contribution in [2.45, 2.75) is 18.6 Å². The van der Waals surface area contributed by atoms with Gasteiger partial charge in [0, 0.05) is 24.2 Å². The van der Waals surface area contributed by atoms with Crippen molar-refractivity contribution in [1.82, 2.24) is 15.1 Å². The van der Waals surface area contributed by atoms with Gasteiger partial charge in [0.2, 0.25) is 0 Å². The monoisotopic (exact) mass is 413 g/mol. The number of aromatic nitrogens is 2. The highest BCUT2D eigenvalue weighted by molar-refractivity contribution is 5.66. The Bertz CT molecular complexity index is 1160. The van der Waals surface area contributed by atoms with Crippen LogP contribution in [-0.4, -0.2) is 39.4 Å². The largest absolute Gasteiger partial charge is 0.392 e. The van der Waals surface area contributed by atoms with Gasteiger partial charge in [0.25, 0.3) is 0 Å². The second-order valence-corrected chi connectivity index (χ2v) is 8.01. The zero-order valence-electron chi connectivity index (χ0n) is 17.1. The molecule has 1 fully saturated rings. The van der Waals surface area contributed by atoms with Crippen molar-refractivity contribution in [2.24, 2.45) is 0 Å².